The van der Waals surface area contributed by atoms with E-state index in [4.69, 9.17) is 4.42 Å². The van der Waals surface area contributed by atoms with Gasteiger partial charge in [-0.25, -0.2) is 0 Å². The Hall–Kier alpha value is -4.50. The van der Waals surface area contributed by atoms with E-state index in [1.54, 1.807) is 0 Å². The maximum absolute atomic E-state index is 6.21. The number of furan rings is 1. The van der Waals surface area contributed by atoms with Gasteiger partial charge in [-0.1, -0.05) is 48.5 Å². The summed E-state index contributed by atoms with van der Waals surface area (Å²) in [5, 5.41) is 7.50. The zero-order valence-corrected chi connectivity index (χ0v) is 20.2. The second-order valence-electron chi connectivity index (χ2n) is 9.98. The average molecular weight is 465 g/mol. The minimum atomic E-state index is 0.901. The molecule has 0 amide bonds. The lowest BCUT2D eigenvalue weighted by molar-refractivity contribution is 0.669. The first-order valence-electron chi connectivity index (χ1n) is 12.4. The Morgan fingerprint density at radius 3 is 1.83 bits per heavy atom. The van der Waals surface area contributed by atoms with E-state index in [9.17, 15) is 0 Å². The van der Waals surface area contributed by atoms with Crippen molar-refractivity contribution in [1.29, 1.82) is 0 Å². The lowest BCUT2D eigenvalue weighted by Gasteiger charge is -2.05. The molecule has 3 heterocycles. The summed E-state index contributed by atoms with van der Waals surface area (Å²) in [7, 11) is 4.31. The van der Waals surface area contributed by atoms with Gasteiger partial charge in [-0.15, -0.1) is 0 Å². The molecule has 0 aliphatic rings. The van der Waals surface area contributed by atoms with Crippen molar-refractivity contribution in [1.82, 2.24) is 9.13 Å². The van der Waals surface area contributed by atoms with Gasteiger partial charge in [-0.05, 0) is 66.1 Å². The fourth-order valence-electron chi connectivity index (χ4n) is 6.15. The number of aryl methyl sites for hydroxylation is 2. The standard InChI is InChI=1S/C33H24N2O/c1-34-28-9-5-3-7-22(28)24-16-20(11-13-29(24)34)15-21-12-14-30-25(17-21)26-19-33-27(18-31(26)35(30)2)23-8-4-6-10-32(23)36-33/h3-14,16-19H,15H2,1-2H3. The van der Waals surface area contributed by atoms with E-state index < -0.39 is 0 Å². The third-order valence-electron chi connectivity index (χ3n) is 7.96. The third kappa shape index (κ3) is 2.63. The van der Waals surface area contributed by atoms with E-state index in [1.165, 1.54) is 65.5 Å². The van der Waals surface area contributed by atoms with Gasteiger partial charge in [-0.2, -0.15) is 0 Å². The van der Waals surface area contributed by atoms with Crippen LogP contribution in [0.15, 0.2) is 101 Å². The van der Waals surface area contributed by atoms with Crippen molar-refractivity contribution in [3.05, 3.63) is 108 Å². The predicted octanol–water partition coefficient (Wildman–Crippen LogP) is 8.47. The minimum absolute atomic E-state index is 0.901. The molecule has 3 aromatic heterocycles. The highest BCUT2D eigenvalue weighted by Gasteiger charge is 2.15. The summed E-state index contributed by atoms with van der Waals surface area (Å²) in [6, 6.07) is 35.2. The van der Waals surface area contributed by atoms with Crippen LogP contribution in [0.25, 0.3) is 65.6 Å². The topological polar surface area (TPSA) is 23.0 Å². The van der Waals surface area contributed by atoms with Crippen molar-refractivity contribution >= 4 is 65.6 Å². The first-order chi connectivity index (χ1) is 17.7. The van der Waals surface area contributed by atoms with Gasteiger partial charge in [-0.3, -0.25) is 0 Å². The van der Waals surface area contributed by atoms with Gasteiger partial charge in [0.05, 0.1) is 0 Å². The fourth-order valence-corrected chi connectivity index (χ4v) is 6.15. The van der Waals surface area contributed by atoms with Crippen molar-refractivity contribution in [3.8, 4) is 0 Å². The molecule has 0 spiro atoms. The van der Waals surface area contributed by atoms with E-state index in [-0.39, 0.29) is 0 Å². The molecule has 36 heavy (non-hydrogen) atoms. The summed E-state index contributed by atoms with van der Waals surface area (Å²) in [6.07, 6.45) is 0.901. The molecule has 0 saturated heterocycles. The van der Waals surface area contributed by atoms with Crippen LogP contribution in [0.5, 0.6) is 0 Å². The van der Waals surface area contributed by atoms with Crippen LogP contribution in [0.4, 0.5) is 0 Å². The molecule has 0 bridgehead atoms. The molecular weight excluding hydrogens is 440 g/mol. The van der Waals surface area contributed by atoms with Crippen LogP contribution >= 0.6 is 0 Å². The van der Waals surface area contributed by atoms with Crippen LogP contribution in [-0.4, -0.2) is 9.13 Å². The number of para-hydroxylation sites is 2. The molecule has 0 saturated carbocycles. The number of rotatable bonds is 2. The zero-order chi connectivity index (χ0) is 24.0. The second kappa shape index (κ2) is 7.02. The minimum Gasteiger partial charge on any atom is -0.456 e. The Kier molecular flexibility index (Phi) is 3.85. The van der Waals surface area contributed by atoms with E-state index in [1.807, 2.05) is 12.1 Å². The van der Waals surface area contributed by atoms with Crippen LogP contribution in [0.3, 0.4) is 0 Å². The van der Waals surface area contributed by atoms with Gasteiger partial charge in [0.15, 0.2) is 0 Å². The third-order valence-corrected chi connectivity index (χ3v) is 7.96. The molecule has 8 aromatic rings. The molecular formula is C33H24N2O. The largest absolute Gasteiger partial charge is 0.456 e. The average Bonchev–Trinajstić information content (AvgIpc) is 3.51. The number of hydrogen-bond donors (Lipinski definition) is 0. The highest BCUT2D eigenvalue weighted by atomic mass is 16.3. The Labute approximate surface area is 207 Å². The van der Waals surface area contributed by atoms with Gasteiger partial charge in [0, 0.05) is 68.5 Å². The number of aromatic nitrogens is 2. The molecule has 3 nitrogen and oxygen atoms in total. The summed E-state index contributed by atoms with van der Waals surface area (Å²) < 4.78 is 10.8. The number of hydrogen-bond acceptors (Lipinski definition) is 1. The molecule has 0 aliphatic heterocycles. The first kappa shape index (κ1) is 19.8. The summed E-state index contributed by atoms with van der Waals surface area (Å²) in [6.45, 7) is 0. The highest BCUT2D eigenvalue weighted by Crippen LogP contribution is 2.37. The van der Waals surface area contributed by atoms with Crippen molar-refractivity contribution in [2.75, 3.05) is 0 Å². The van der Waals surface area contributed by atoms with Crippen molar-refractivity contribution in [3.63, 3.8) is 0 Å². The Bertz CT molecular complexity index is 2150. The van der Waals surface area contributed by atoms with Crippen LogP contribution in [0.2, 0.25) is 0 Å². The van der Waals surface area contributed by atoms with Crippen LogP contribution in [0.1, 0.15) is 11.1 Å². The highest BCUT2D eigenvalue weighted by molar-refractivity contribution is 6.16. The van der Waals surface area contributed by atoms with Crippen molar-refractivity contribution < 1.29 is 4.42 Å². The van der Waals surface area contributed by atoms with Crippen LogP contribution in [-0.2, 0) is 20.5 Å². The summed E-state index contributed by atoms with van der Waals surface area (Å²) in [5.41, 5.74) is 9.57. The SMILES string of the molecule is Cn1c2ccccc2c2cc(Cc3ccc4c(c3)c3cc5oc6ccccc6c5cc3n4C)ccc21. The molecule has 0 aliphatic carbocycles. The zero-order valence-electron chi connectivity index (χ0n) is 20.2. The normalized spacial score (nSPS) is 12.3. The van der Waals surface area contributed by atoms with E-state index >= 15 is 0 Å². The second-order valence-corrected chi connectivity index (χ2v) is 9.98. The van der Waals surface area contributed by atoms with Crippen molar-refractivity contribution in [2.24, 2.45) is 14.1 Å². The molecule has 0 atom stereocenters. The van der Waals surface area contributed by atoms with Crippen LogP contribution < -0.4 is 0 Å². The first-order valence-corrected chi connectivity index (χ1v) is 12.4. The quantitative estimate of drug-likeness (QED) is 0.252. The number of fused-ring (bicyclic) bond motifs is 9. The monoisotopic (exact) mass is 464 g/mol. The molecule has 0 N–H and O–H groups in total. The maximum Gasteiger partial charge on any atom is 0.136 e. The maximum atomic E-state index is 6.21. The fraction of sp³-hybridized carbons (Fsp3) is 0.0909. The molecule has 0 unspecified atom stereocenters. The smallest absolute Gasteiger partial charge is 0.136 e. The molecule has 8 rings (SSSR count). The molecule has 0 fully saturated rings. The summed E-state index contributed by atoms with van der Waals surface area (Å²) >= 11 is 0. The molecule has 3 heteroatoms. The summed E-state index contributed by atoms with van der Waals surface area (Å²) in [5.74, 6) is 0. The van der Waals surface area contributed by atoms with Gasteiger partial charge in [0.2, 0.25) is 0 Å². The number of nitrogens with zero attached hydrogens (tertiary/aromatic N) is 2. The van der Waals surface area contributed by atoms with Gasteiger partial charge in [0.1, 0.15) is 11.2 Å². The van der Waals surface area contributed by atoms with Crippen molar-refractivity contribution in [2.45, 2.75) is 6.42 Å². The summed E-state index contributed by atoms with van der Waals surface area (Å²) in [4.78, 5) is 0. The van der Waals surface area contributed by atoms with E-state index in [0.29, 0.717) is 0 Å². The molecule has 172 valence electrons. The Morgan fingerprint density at radius 2 is 1.06 bits per heavy atom. The van der Waals surface area contributed by atoms with Gasteiger partial charge < -0.3 is 13.6 Å². The lowest BCUT2D eigenvalue weighted by atomic mass is 10.0. The van der Waals surface area contributed by atoms with E-state index in [0.717, 1.165) is 17.6 Å². The number of benzene rings is 5. The van der Waals surface area contributed by atoms with Crippen LogP contribution in [0, 0.1) is 0 Å². The Morgan fingerprint density at radius 1 is 0.472 bits per heavy atom. The molecule has 0 radical (unpaired) electrons. The van der Waals surface area contributed by atoms with Gasteiger partial charge in [0.25, 0.3) is 0 Å². The van der Waals surface area contributed by atoms with Gasteiger partial charge >= 0.3 is 0 Å². The van der Waals surface area contributed by atoms with E-state index in [2.05, 4.69) is 108 Å². The lowest BCUT2D eigenvalue weighted by Crippen LogP contribution is -1.90. The molecule has 5 aromatic carbocycles. The Balaban J connectivity index is 1.28. The predicted molar refractivity (Wildman–Crippen MR) is 151 cm³/mol.